The minimum atomic E-state index is -3.71. The highest BCUT2D eigenvalue weighted by Gasteiger charge is 2.19. The van der Waals surface area contributed by atoms with Gasteiger partial charge in [-0.1, -0.05) is 29.8 Å². The Morgan fingerprint density at radius 3 is 2.42 bits per heavy atom. The van der Waals surface area contributed by atoms with Crippen LogP contribution in [0.4, 0.5) is 11.4 Å². The van der Waals surface area contributed by atoms with Crippen molar-refractivity contribution in [3.63, 3.8) is 0 Å². The minimum absolute atomic E-state index is 0.141. The summed E-state index contributed by atoms with van der Waals surface area (Å²) in [5.74, 6) is 0.263. The molecule has 1 aromatic carbocycles. The number of sulfonamides is 1. The summed E-state index contributed by atoms with van der Waals surface area (Å²) in [6.45, 7) is 9.24. The van der Waals surface area contributed by atoms with Crippen LogP contribution in [0.15, 0.2) is 33.0 Å². The van der Waals surface area contributed by atoms with Crippen LogP contribution >= 0.6 is 11.3 Å². The lowest BCUT2D eigenvalue weighted by molar-refractivity contribution is -0.115. The first-order valence-electron chi connectivity index (χ1n) is 9.75. The average molecular weight is 460 g/mol. The van der Waals surface area contributed by atoms with E-state index < -0.39 is 10.0 Å². The molecule has 31 heavy (non-hydrogen) atoms. The Morgan fingerprint density at radius 1 is 1.10 bits per heavy atom. The topological polar surface area (TPSA) is 101 Å². The Labute approximate surface area is 186 Å². The van der Waals surface area contributed by atoms with Crippen LogP contribution in [0.3, 0.4) is 0 Å². The van der Waals surface area contributed by atoms with Gasteiger partial charge >= 0.3 is 0 Å². The number of carbonyl (C=O) groups excluding carboxylic acids is 1. The van der Waals surface area contributed by atoms with Gasteiger partial charge < -0.3 is 9.84 Å². The number of aryl methyl sites for hydroxylation is 4. The maximum atomic E-state index is 12.9. The average Bonchev–Trinajstić information content (AvgIpc) is 3.31. The molecule has 0 fully saturated rings. The van der Waals surface area contributed by atoms with Crippen molar-refractivity contribution >= 4 is 50.8 Å². The molecular formula is C22H25N3O4S2. The maximum Gasteiger partial charge on any atom is 0.271 e. The zero-order valence-electron chi connectivity index (χ0n) is 18.1. The van der Waals surface area contributed by atoms with E-state index in [0.29, 0.717) is 29.2 Å². The van der Waals surface area contributed by atoms with Crippen molar-refractivity contribution in [3.8, 4) is 0 Å². The van der Waals surface area contributed by atoms with Crippen LogP contribution in [-0.2, 0) is 14.8 Å². The Hall–Kier alpha value is -2.91. The van der Waals surface area contributed by atoms with E-state index in [0.717, 1.165) is 32.9 Å². The standard InChI is InChI=1S/C22H25N3O4S2/c1-6-19(26)23-22-16(5)24-29-18(22)9-7-17-8-10-20(30-17)31(27,28)25-21-14(3)11-13(2)12-15(21)4/h7-12,25H,6H2,1-5H3,(H,23,26). The van der Waals surface area contributed by atoms with E-state index in [1.807, 2.05) is 32.9 Å². The third kappa shape index (κ3) is 5.23. The molecule has 2 heterocycles. The first kappa shape index (κ1) is 22.8. The molecule has 0 saturated heterocycles. The zero-order chi connectivity index (χ0) is 22.8. The van der Waals surface area contributed by atoms with E-state index in [4.69, 9.17) is 4.52 Å². The van der Waals surface area contributed by atoms with Gasteiger partial charge in [-0.25, -0.2) is 8.42 Å². The molecule has 2 N–H and O–H groups in total. The molecule has 1 amide bonds. The maximum absolute atomic E-state index is 12.9. The molecule has 0 bridgehead atoms. The predicted molar refractivity (Wildman–Crippen MR) is 125 cm³/mol. The first-order valence-corrected chi connectivity index (χ1v) is 12.1. The SMILES string of the molecule is CCC(=O)Nc1c(C)noc1C=Cc1ccc(S(=O)(=O)Nc2c(C)cc(C)cc2C)s1. The second kappa shape index (κ2) is 9.07. The van der Waals surface area contributed by atoms with Gasteiger partial charge in [-0.05, 0) is 63.1 Å². The molecule has 3 aromatic rings. The summed E-state index contributed by atoms with van der Waals surface area (Å²) >= 11 is 1.14. The van der Waals surface area contributed by atoms with E-state index >= 15 is 0 Å². The number of benzene rings is 1. The van der Waals surface area contributed by atoms with E-state index in [2.05, 4.69) is 15.2 Å². The van der Waals surface area contributed by atoms with Gasteiger partial charge in [-0.3, -0.25) is 9.52 Å². The van der Waals surface area contributed by atoms with Gasteiger partial charge in [0.25, 0.3) is 10.0 Å². The summed E-state index contributed by atoms with van der Waals surface area (Å²) in [7, 11) is -3.71. The number of hydrogen-bond acceptors (Lipinski definition) is 6. The highest BCUT2D eigenvalue weighted by molar-refractivity contribution is 7.94. The summed E-state index contributed by atoms with van der Waals surface area (Å²) in [4.78, 5) is 12.4. The van der Waals surface area contributed by atoms with Crippen LogP contribution < -0.4 is 10.0 Å². The lowest BCUT2D eigenvalue weighted by Gasteiger charge is -2.13. The summed E-state index contributed by atoms with van der Waals surface area (Å²) in [6, 6.07) is 7.18. The third-order valence-corrected chi connectivity index (χ3v) is 7.55. The summed E-state index contributed by atoms with van der Waals surface area (Å²) in [6.07, 6.45) is 3.73. The lowest BCUT2D eigenvalue weighted by Crippen LogP contribution is -2.13. The van der Waals surface area contributed by atoms with Crippen molar-refractivity contribution in [3.05, 3.63) is 57.3 Å². The molecule has 0 saturated carbocycles. The second-order valence-electron chi connectivity index (χ2n) is 7.28. The van der Waals surface area contributed by atoms with Crippen molar-refractivity contribution < 1.29 is 17.7 Å². The van der Waals surface area contributed by atoms with E-state index in [9.17, 15) is 13.2 Å². The smallest absolute Gasteiger partial charge is 0.271 e. The number of rotatable bonds is 7. The molecule has 0 spiro atoms. The fourth-order valence-electron chi connectivity index (χ4n) is 3.13. The first-order chi connectivity index (χ1) is 14.6. The molecule has 0 aliphatic carbocycles. The number of anilines is 2. The molecule has 2 aromatic heterocycles. The van der Waals surface area contributed by atoms with Gasteiger partial charge in [0, 0.05) is 11.3 Å². The van der Waals surface area contributed by atoms with Crippen molar-refractivity contribution in [1.29, 1.82) is 0 Å². The van der Waals surface area contributed by atoms with Crippen LogP contribution in [0.2, 0.25) is 0 Å². The van der Waals surface area contributed by atoms with Gasteiger partial charge in [0.2, 0.25) is 5.91 Å². The number of nitrogens with one attached hydrogen (secondary N) is 2. The highest BCUT2D eigenvalue weighted by Crippen LogP contribution is 2.30. The van der Waals surface area contributed by atoms with E-state index in [-0.39, 0.29) is 10.1 Å². The van der Waals surface area contributed by atoms with Gasteiger partial charge in [-0.2, -0.15) is 0 Å². The fourth-order valence-corrected chi connectivity index (χ4v) is 5.56. The molecular weight excluding hydrogens is 434 g/mol. The van der Waals surface area contributed by atoms with Crippen molar-refractivity contribution in [2.75, 3.05) is 10.0 Å². The highest BCUT2D eigenvalue weighted by atomic mass is 32.2. The molecule has 3 rings (SSSR count). The fraction of sp³-hybridized carbons (Fsp3) is 0.273. The Morgan fingerprint density at radius 2 is 1.77 bits per heavy atom. The normalized spacial score (nSPS) is 11.8. The number of carbonyl (C=O) groups is 1. The van der Waals surface area contributed by atoms with Crippen LogP contribution in [-0.4, -0.2) is 19.5 Å². The molecule has 0 aliphatic rings. The third-order valence-electron chi connectivity index (χ3n) is 4.65. The largest absolute Gasteiger partial charge is 0.354 e. The monoisotopic (exact) mass is 459 g/mol. The number of thiophene rings is 1. The molecule has 9 heteroatoms. The second-order valence-corrected chi connectivity index (χ2v) is 10.3. The number of amides is 1. The van der Waals surface area contributed by atoms with Crippen LogP contribution in [0, 0.1) is 27.7 Å². The molecule has 7 nitrogen and oxygen atoms in total. The van der Waals surface area contributed by atoms with Crippen LogP contribution in [0.1, 0.15) is 46.4 Å². The number of aromatic nitrogens is 1. The Balaban J connectivity index is 1.81. The van der Waals surface area contributed by atoms with Gasteiger partial charge in [0.1, 0.15) is 15.6 Å². The molecule has 0 radical (unpaired) electrons. The molecule has 0 aliphatic heterocycles. The summed E-state index contributed by atoms with van der Waals surface area (Å²) < 4.78 is 34.0. The zero-order valence-corrected chi connectivity index (χ0v) is 19.7. The number of nitrogens with zero attached hydrogens (tertiary/aromatic N) is 1. The van der Waals surface area contributed by atoms with Crippen LogP contribution in [0.25, 0.3) is 12.2 Å². The quantitative estimate of drug-likeness (QED) is 0.500. The summed E-state index contributed by atoms with van der Waals surface area (Å²) in [5, 5.41) is 6.65. The predicted octanol–water partition coefficient (Wildman–Crippen LogP) is 5.29. The number of hydrogen-bond donors (Lipinski definition) is 2. The van der Waals surface area contributed by atoms with Gasteiger partial charge in [0.15, 0.2) is 5.76 Å². The Kier molecular flexibility index (Phi) is 6.66. The summed E-state index contributed by atoms with van der Waals surface area (Å²) in [5.41, 5.74) is 4.52. The molecule has 164 valence electrons. The van der Waals surface area contributed by atoms with Gasteiger partial charge in [-0.15, -0.1) is 11.3 Å². The van der Waals surface area contributed by atoms with Crippen molar-refractivity contribution in [2.24, 2.45) is 0 Å². The van der Waals surface area contributed by atoms with Crippen LogP contribution in [0.5, 0.6) is 0 Å². The van der Waals surface area contributed by atoms with E-state index in [1.54, 1.807) is 38.1 Å². The van der Waals surface area contributed by atoms with Crippen molar-refractivity contribution in [1.82, 2.24) is 5.16 Å². The minimum Gasteiger partial charge on any atom is -0.354 e. The Bertz CT molecular complexity index is 1230. The molecule has 0 atom stereocenters. The van der Waals surface area contributed by atoms with E-state index in [1.165, 1.54) is 0 Å². The van der Waals surface area contributed by atoms with Gasteiger partial charge in [0.05, 0.1) is 5.69 Å². The molecule has 0 unspecified atom stereocenters. The van der Waals surface area contributed by atoms with Crippen molar-refractivity contribution in [2.45, 2.75) is 45.2 Å². The lowest BCUT2D eigenvalue weighted by atomic mass is 10.1.